The number of aryl methyl sites for hydroxylation is 1. The maximum Gasteiger partial charge on any atom is 0.123 e. The molecule has 1 saturated heterocycles. The Balaban J connectivity index is 1.56. The van der Waals surface area contributed by atoms with Gasteiger partial charge in [-0.25, -0.2) is 4.39 Å². The second-order valence-electron chi connectivity index (χ2n) is 6.41. The molecule has 3 rings (SSSR count). The van der Waals surface area contributed by atoms with Crippen LogP contribution in [0.1, 0.15) is 31.4 Å². The summed E-state index contributed by atoms with van der Waals surface area (Å²) in [6.07, 6.45) is 5.24. The highest BCUT2D eigenvalue weighted by molar-refractivity contribution is 5.81. The third kappa shape index (κ3) is 3.50. The first kappa shape index (κ1) is 15.5. The van der Waals surface area contributed by atoms with Crippen molar-refractivity contribution in [3.63, 3.8) is 0 Å². The van der Waals surface area contributed by atoms with Gasteiger partial charge >= 0.3 is 0 Å². The van der Waals surface area contributed by atoms with Gasteiger partial charge in [0.25, 0.3) is 0 Å². The minimum atomic E-state index is -0.172. The third-order valence-electron chi connectivity index (χ3n) is 4.63. The molecule has 0 saturated carbocycles. The van der Waals surface area contributed by atoms with E-state index in [1.807, 2.05) is 6.07 Å². The molecule has 0 spiro atoms. The fraction of sp³-hybridized carbons (Fsp3) is 0.556. The van der Waals surface area contributed by atoms with E-state index in [1.165, 1.54) is 31.0 Å². The van der Waals surface area contributed by atoms with Crippen molar-refractivity contribution in [3.05, 3.63) is 35.8 Å². The zero-order valence-electron chi connectivity index (χ0n) is 13.5. The fourth-order valence-electron chi connectivity index (χ4n) is 3.35. The molecule has 1 atom stereocenters. The van der Waals surface area contributed by atoms with Crippen LogP contribution in [0.3, 0.4) is 0 Å². The van der Waals surface area contributed by atoms with Gasteiger partial charge in [0.15, 0.2) is 0 Å². The van der Waals surface area contributed by atoms with E-state index in [2.05, 4.69) is 29.6 Å². The number of hydrogen-bond acceptors (Lipinski definition) is 2. The Bertz CT molecular complexity index is 631. The first-order chi connectivity index (χ1) is 10.6. The van der Waals surface area contributed by atoms with Crippen LogP contribution in [0.2, 0.25) is 0 Å². The molecule has 1 aromatic heterocycles. The van der Waals surface area contributed by atoms with Crippen molar-refractivity contribution < 1.29 is 9.13 Å². The summed E-state index contributed by atoms with van der Waals surface area (Å²) in [5, 5.41) is 0.977. The van der Waals surface area contributed by atoms with Crippen LogP contribution in [0.5, 0.6) is 0 Å². The molecule has 0 radical (unpaired) electrons. The van der Waals surface area contributed by atoms with Crippen molar-refractivity contribution in [1.82, 2.24) is 9.47 Å². The number of halogens is 1. The van der Waals surface area contributed by atoms with Crippen molar-refractivity contribution in [3.8, 4) is 0 Å². The quantitative estimate of drug-likeness (QED) is 0.809. The second-order valence-corrected chi connectivity index (χ2v) is 6.41. The molecule has 0 amide bonds. The van der Waals surface area contributed by atoms with Crippen molar-refractivity contribution in [2.45, 2.75) is 38.3 Å². The molecule has 0 N–H and O–H groups in total. The largest absolute Gasteiger partial charge is 0.378 e. The smallest absolute Gasteiger partial charge is 0.123 e. The number of rotatable bonds is 6. The third-order valence-corrected chi connectivity index (χ3v) is 4.63. The summed E-state index contributed by atoms with van der Waals surface area (Å²) in [5.74, 6) is -0.172. The fourth-order valence-corrected chi connectivity index (χ4v) is 3.35. The molecule has 4 heteroatoms. The van der Waals surface area contributed by atoms with Crippen LogP contribution < -0.4 is 0 Å². The molecule has 3 nitrogen and oxygen atoms in total. The predicted molar refractivity (Wildman–Crippen MR) is 87.4 cm³/mol. The topological polar surface area (TPSA) is 17.4 Å². The van der Waals surface area contributed by atoms with Crippen LogP contribution in [0, 0.1) is 5.82 Å². The van der Waals surface area contributed by atoms with Gasteiger partial charge in [0.2, 0.25) is 0 Å². The Morgan fingerprint density at radius 1 is 1.36 bits per heavy atom. The van der Waals surface area contributed by atoms with Crippen LogP contribution in [0.4, 0.5) is 4.39 Å². The second kappa shape index (κ2) is 6.80. The Hall–Kier alpha value is -1.39. The highest BCUT2D eigenvalue weighted by atomic mass is 19.1. The molecule has 1 aromatic carbocycles. The zero-order valence-corrected chi connectivity index (χ0v) is 13.5. The van der Waals surface area contributed by atoms with E-state index in [0.29, 0.717) is 6.10 Å². The van der Waals surface area contributed by atoms with Crippen molar-refractivity contribution in [2.75, 3.05) is 20.2 Å². The Morgan fingerprint density at radius 2 is 2.23 bits per heavy atom. The zero-order chi connectivity index (χ0) is 15.5. The molecule has 1 aliphatic rings. The van der Waals surface area contributed by atoms with Gasteiger partial charge in [0, 0.05) is 36.8 Å². The van der Waals surface area contributed by atoms with E-state index < -0.39 is 0 Å². The van der Waals surface area contributed by atoms with Gasteiger partial charge in [0.1, 0.15) is 5.82 Å². The van der Waals surface area contributed by atoms with Crippen molar-refractivity contribution >= 4 is 10.9 Å². The van der Waals surface area contributed by atoms with Crippen LogP contribution in [-0.2, 0) is 18.3 Å². The van der Waals surface area contributed by atoms with Crippen LogP contribution in [-0.4, -0.2) is 35.8 Å². The monoisotopic (exact) mass is 304 g/mol. The molecule has 0 bridgehead atoms. The first-order valence-electron chi connectivity index (χ1n) is 8.17. The van der Waals surface area contributed by atoms with E-state index >= 15 is 0 Å². The summed E-state index contributed by atoms with van der Waals surface area (Å²) in [7, 11) is 4.20. The molecule has 2 heterocycles. The SMILES string of the molecule is CN(CCC[C@@H]1CCCO1)Cc1cc2cc(F)ccc2n1C. The molecular weight excluding hydrogens is 279 g/mol. The Labute approximate surface area is 131 Å². The normalized spacial score (nSPS) is 18.6. The van der Waals surface area contributed by atoms with Gasteiger partial charge < -0.3 is 14.2 Å². The number of benzene rings is 1. The molecule has 2 aromatic rings. The van der Waals surface area contributed by atoms with E-state index in [1.54, 1.807) is 6.07 Å². The average molecular weight is 304 g/mol. The Morgan fingerprint density at radius 3 is 3.00 bits per heavy atom. The summed E-state index contributed by atoms with van der Waals surface area (Å²) in [6, 6.07) is 7.08. The highest BCUT2D eigenvalue weighted by Crippen LogP contribution is 2.21. The minimum Gasteiger partial charge on any atom is -0.378 e. The molecule has 1 fully saturated rings. The van der Waals surface area contributed by atoms with Crippen LogP contribution >= 0.6 is 0 Å². The number of hydrogen-bond donors (Lipinski definition) is 0. The lowest BCUT2D eigenvalue weighted by atomic mass is 10.1. The first-order valence-corrected chi connectivity index (χ1v) is 8.17. The van der Waals surface area contributed by atoms with Crippen molar-refractivity contribution in [2.24, 2.45) is 7.05 Å². The minimum absolute atomic E-state index is 0.172. The van der Waals surface area contributed by atoms with Crippen LogP contribution in [0.25, 0.3) is 10.9 Å². The molecule has 22 heavy (non-hydrogen) atoms. The maximum atomic E-state index is 13.3. The van der Waals surface area contributed by atoms with Gasteiger partial charge in [-0.15, -0.1) is 0 Å². The van der Waals surface area contributed by atoms with E-state index in [0.717, 1.165) is 37.0 Å². The summed E-state index contributed by atoms with van der Waals surface area (Å²) in [5.41, 5.74) is 2.31. The summed E-state index contributed by atoms with van der Waals surface area (Å²) in [4.78, 5) is 2.33. The standard InChI is InChI=1S/C18H25FN2O/c1-20(9-3-5-17-6-4-10-22-17)13-16-12-14-11-15(19)7-8-18(14)21(16)2/h7-8,11-12,17H,3-6,9-10,13H2,1-2H3/t17-/m1/s1. The van der Waals surface area contributed by atoms with E-state index in [9.17, 15) is 4.39 Å². The van der Waals surface area contributed by atoms with Gasteiger partial charge in [-0.3, -0.25) is 0 Å². The molecule has 0 aliphatic carbocycles. The molecular formula is C18H25FN2O. The summed E-state index contributed by atoms with van der Waals surface area (Å²) in [6.45, 7) is 2.89. The van der Waals surface area contributed by atoms with E-state index in [4.69, 9.17) is 4.74 Å². The van der Waals surface area contributed by atoms with Crippen LogP contribution in [0.15, 0.2) is 24.3 Å². The van der Waals surface area contributed by atoms with E-state index in [-0.39, 0.29) is 5.82 Å². The van der Waals surface area contributed by atoms with Gasteiger partial charge in [-0.05, 0) is 63.5 Å². The van der Waals surface area contributed by atoms with Gasteiger partial charge in [-0.2, -0.15) is 0 Å². The lowest BCUT2D eigenvalue weighted by Crippen LogP contribution is -2.21. The van der Waals surface area contributed by atoms with Crippen molar-refractivity contribution in [1.29, 1.82) is 0 Å². The highest BCUT2D eigenvalue weighted by Gasteiger charge is 2.15. The number of ether oxygens (including phenoxy) is 1. The lowest BCUT2D eigenvalue weighted by Gasteiger charge is -2.18. The molecule has 1 aliphatic heterocycles. The maximum absolute atomic E-state index is 13.3. The summed E-state index contributed by atoms with van der Waals surface area (Å²) >= 11 is 0. The number of aromatic nitrogens is 1. The average Bonchev–Trinajstić information content (AvgIpc) is 3.08. The molecule has 120 valence electrons. The number of nitrogens with zero attached hydrogens (tertiary/aromatic N) is 2. The lowest BCUT2D eigenvalue weighted by molar-refractivity contribution is 0.0994. The predicted octanol–water partition coefficient (Wildman–Crippen LogP) is 3.71. The number of fused-ring (bicyclic) bond motifs is 1. The Kier molecular flexibility index (Phi) is 4.79. The molecule has 0 unspecified atom stereocenters. The van der Waals surface area contributed by atoms with Gasteiger partial charge in [0.05, 0.1) is 6.10 Å². The van der Waals surface area contributed by atoms with Gasteiger partial charge in [-0.1, -0.05) is 0 Å². The summed E-state index contributed by atoms with van der Waals surface area (Å²) < 4.78 is 21.1.